The Morgan fingerprint density at radius 2 is 1.82 bits per heavy atom. The van der Waals surface area contributed by atoms with Gasteiger partial charge < -0.3 is 10.5 Å². The molecular weight excluding hydrogens is 212 g/mol. The molecule has 3 aromatic rings. The van der Waals surface area contributed by atoms with Crippen LogP contribution in [0, 0.1) is 0 Å². The minimum absolute atomic E-state index is 0.734. The number of pyridine rings is 1. The molecule has 84 valence electrons. The number of hydrogen-bond donors (Lipinski definition) is 1. The molecule has 0 aliphatic carbocycles. The predicted molar refractivity (Wildman–Crippen MR) is 70.2 cm³/mol. The van der Waals surface area contributed by atoms with Crippen molar-refractivity contribution in [2.75, 3.05) is 12.8 Å². The van der Waals surface area contributed by atoms with Crippen molar-refractivity contribution < 1.29 is 4.74 Å². The second kappa shape index (κ2) is 3.63. The molecule has 0 atom stereocenters. The number of anilines is 1. The molecule has 0 spiro atoms. The van der Waals surface area contributed by atoms with E-state index in [2.05, 4.69) is 11.1 Å². The van der Waals surface area contributed by atoms with E-state index >= 15 is 0 Å². The number of rotatable bonds is 1. The summed E-state index contributed by atoms with van der Waals surface area (Å²) in [6.45, 7) is 0. The molecule has 0 saturated carbocycles. The first-order valence-electron chi connectivity index (χ1n) is 5.40. The fourth-order valence-corrected chi connectivity index (χ4v) is 1.95. The third kappa shape index (κ3) is 1.65. The fraction of sp³-hybridized carbons (Fsp3) is 0.0714. The number of benzene rings is 2. The normalized spacial score (nSPS) is 10.9. The maximum absolute atomic E-state index is 5.75. The molecule has 3 heteroatoms. The van der Waals surface area contributed by atoms with Gasteiger partial charge in [0.05, 0.1) is 18.1 Å². The van der Waals surface area contributed by atoms with Crippen LogP contribution in [0.25, 0.3) is 21.8 Å². The molecule has 3 nitrogen and oxygen atoms in total. The van der Waals surface area contributed by atoms with Crippen LogP contribution in [0.15, 0.2) is 42.5 Å². The van der Waals surface area contributed by atoms with Crippen molar-refractivity contribution in [3.8, 4) is 5.75 Å². The summed E-state index contributed by atoms with van der Waals surface area (Å²) in [5.74, 6) is 0.842. The lowest BCUT2D eigenvalue weighted by molar-refractivity contribution is 0.415. The smallest absolute Gasteiger partial charge is 0.119 e. The highest BCUT2D eigenvalue weighted by Crippen LogP contribution is 2.24. The minimum Gasteiger partial charge on any atom is -0.497 e. The maximum atomic E-state index is 5.75. The molecular formula is C14H12N2O. The van der Waals surface area contributed by atoms with Crippen molar-refractivity contribution in [3.63, 3.8) is 0 Å². The van der Waals surface area contributed by atoms with E-state index in [-0.39, 0.29) is 0 Å². The Hall–Kier alpha value is -2.29. The lowest BCUT2D eigenvalue weighted by Crippen LogP contribution is -1.88. The standard InChI is InChI=1S/C14H12N2O/c1-17-12-4-5-13-10(7-12)6-9-2-3-11(15)8-14(9)16-13/h2-8H,15H2,1H3. The van der Waals surface area contributed by atoms with Gasteiger partial charge >= 0.3 is 0 Å². The van der Waals surface area contributed by atoms with E-state index in [1.54, 1.807) is 7.11 Å². The lowest BCUT2D eigenvalue weighted by Gasteiger charge is -2.04. The number of hydrogen-bond acceptors (Lipinski definition) is 3. The van der Waals surface area contributed by atoms with Gasteiger partial charge in [-0.1, -0.05) is 6.07 Å². The summed E-state index contributed by atoms with van der Waals surface area (Å²) >= 11 is 0. The van der Waals surface area contributed by atoms with Crippen LogP contribution >= 0.6 is 0 Å². The van der Waals surface area contributed by atoms with Crippen molar-refractivity contribution in [3.05, 3.63) is 42.5 Å². The van der Waals surface area contributed by atoms with Crippen molar-refractivity contribution in [1.29, 1.82) is 0 Å². The highest BCUT2D eigenvalue weighted by atomic mass is 16.5. The highest BCUT2D eigenvalue weighted by Gasteiger charge is 2.01. The zero-order valence-electron chi connectivity index (χ0n) is 9.47. The van der Waals surface area contributed by atoms with Crippen molar-refractivity contribution in [1.82, 2.24) is 4.98 Å². The molecule has 2 aromatic carbocycles. The fourth-order valence-electron chi connectivity index (χ4n) is 1.95. The summed E-state index contributed by atoms with van der Waals surface area (Å²) in [4.78, 5) is 4.58. The maximum Gasteiger partial charge on any atom is 0.119 e. The Morgan fingerprint density at radius 3 is 2.65 bits per heavy atom. The molecule has 1 aromatic heterocycles. The molecule has 0 radical (unpaired) electrons. The molecule has 2 N–H and O–H groups in total. The van der Waals surface area contributed by atoms with Crippen LogP contribution in [-0.2, 0) is 0 Å². The van der Waals surface area contributed by atoms with Crippen LogP contribution < -0.4 is 10.5 Å². The third-order valence-corrected chi connectivity index (χ3v) is 2.84. The van der Waals surface area contributed by atoms with Crippen LogP contribution in [0.1, 0.15) is 0 Å². The molecule has 0 aliphatic rings. The summed E-state index contributed by atoms with van der Waals surface area (Å²) in [5, 5.41) is 2.15. The Balaban J connectivity index is 2.35. The predicted octanol–water partition coefficient (Wildman–Crippen LogP) is 2.98. The van der Waals surface area contributed by atoms with Crippen molar-refractivity contribution >= 4 is 27.5 Å². The molecule has 0 bridgehead atoms. The Morgan fingerprint density at radius 1 is 0.941 bits per heavy atom. The second-order valence-electron chi connectivity index (χ2n) is 4.00. The highest BCUT2D eigenvalue weighted by molar-refractivity contribution is 5.94. The summed E-state index contributed by atoms with van der Waals surface area (Å²) in [6, 6.07) is 13.7. The number of nitrogens with two attached hydrogens (primary N) is 1. The van der Waals surface area contributed by atoms with Gasteiger partial charge in [-0.3, -0.25) is 0 Å². The van der Waals surface area contributed by atoms with E-state index in [9.17, 15) is 0 Å². The van der Waals surface area contributed by atoms with E-state index in [0.29, 0.717) is 0 Å². The van der Waals surface area contributed by atoms with Gasteiger partial charge in [0, 0.05) is 16.5 Å². The Bertz CT molecular complexity index is 707. The summed E-state index contributed by atoms with van der Waals surface area (Å²) in [7, 11) is 1.66. The monoisotopic (exact) mass is 224 g/mol. The zero-order valence-corrected chi connectivity index (χ0v) is 9.47. The number of aromatic nitrogens is 1. The van der Waals surface area contributed by atoms with E-state index in [1.165, 1.54) is 0 Å². The quantitative estimate of drug-likeness (QED) is 0.510. The van der Waals surface area contributed by atoms with Gasteiger partial charge in [0.1, 0.15) is 5.75 Å². The zero-order chi connectivity index (χ0) is 11.8. The molecule has 3 rings (SSSR count). The minimum atomic E-state index is 0.734. The average Bonchev–Trinajstić information content (AvgIpc) is 2.35. The largest absolute Gasteiger partial charge is 0.497 e. The van der Waals surface area contributed by atoms with Crippen molar-refractivity contribution in [2.45, 2.75) is 0 Å². The number of nitrogen functional groups attached to an aromatic ring is 1. The SMILES string of the molecule is COc1ccc2nc3cc(N)ccc3cc2c1. The second-order valence-corrected chi connectivity index (χ2v) is 4.00. The third-order valence-electron chi connectivity index (χ3n) is 2.84. The number of nitrogens with zero attached hydrogens (tertiary/aromatic N) is 1. The topological polar surface area (TPSA) is 48.1 Å². The van der Waals surface area contributed by atoms with E-state index < -0.39 is 0 Å². The van der Waals surface area contributed by atoms with Gasteiger partial charge in [-0.05, 0) is 36.4 Å². The number of ether oxygens (including phenoxy) is 1. The van der Waals surface area contributed by atoms with Gasteiger partial charge in [0.2, 0.25) is 0 Å². The number of methoxy groups -OCH3 is 1. The first-order chi connectivity index (χ1) is 8.26. The van der Waals surface area contributed by atoms with E-state index in [4.69, 9.17) is 10.5 Å². The molecule has 1 heterocycles. The van der Waals surface area contributed by atoms with Gasteiger partial charge in [-0.25, -0.2) is 4.98 Å². The Labute approximate surface area is 98.8 Å². The van der Waals surface area contributed by atoms with Crippen LogP contribution in [-0.4, -0.2) is 12.1 Å². The van der Waals surface area contributed by atoms with E-state index in [1.807, 2.05) is 36.4 Å². The first-order valence-corrected chi connectivity index (χ1v) is 5.40. The first kappa shape index (κ1) is 9.90. The van der Waals surface area contributed by atoms with Crippen LogP contribution in [0.2, 0.25) is 0 Å². The molecule has 0 fully saturated rings. The summed E-state index contributed by atoms with van der Waals surface area (Å²) in [6.07, 6.45) is 0. The van der Waals surface area contributed by atoms with Gasteiger partial charge in [-0.15, -0.1) is 0 Å². The number of fused-ring (bicyclic) bond motifs is 2. The molecule has 0 saturated heterocycles. The van der Waals surface area contributed by atoms with Gasteiger partial charge in [-0.2, -0.15) is 0 Å². The van der Waals surface area contributed by atoms with Crippen LogP contribution in [0.5, 0.6) is 5.75 Å². The molecule has 0 unspecified atom stereocenters. The summed E-state index contributed by atoms with van der Waals surface area (Å²) in [5.41, 5.74) is 8.35. The van der Waals surface area contributed by atoms with Crippen molar-refractivity contribution in [2.24, 2.45) is 0 Å². The van der Waals surface area contributed by atoms with E-state index in [0.717, 1.165) is 33.2 Å². The average molecular weight is 224 g/mol. The molecule has 17 heavy (non-hydrogen) atoms. The Kier molecular flexibility index (Phi) is 2.11. The van der Waals surface area contributed by atoms with Crippen LogP contribution in [0.4, 0.5) is 5.69 Å². The van der Waals surface area contributed by atoms with Gasteiger partial charge in [0.15, 0.2) is 0 Å². The summed E-state index contributed by atoms with van der Waals surface area (Å²) < 4.78 is 5.21. The lowest BCUT2D eigenvalue weighted by atomic mass is 10.1. The molecule has 0 aliphatic heterocycles. The van der Waals surface area contributed by atoms with Crippen LogP contribution in [0.3, 0.4) is 0 Å². The molecule has 0 amide bonds. The van der Waals surface area contributed by atoms with Gasteiger partial charge in [0.25, 0.3) is 0 Å².